The molecule has 8 nitrogen and oxygen atoms in total. The number of amides is 4. The highest BCUT2D eigenvalue weighted by atomic mass is 35.5. The van der Waals surface area contributed by atoms with Crippen LogP contribution in [-0.4, -0.2) is 40.9 Å². The summed E-state index contributed by atoms with van der Waals surface area (Å²) in [5.74, 6) is -1.95. The molecule has 1 saturated heterocycles. The van der Waals surface area contributed by atoms with Crippen LogP contribution in [0, 0.1) is 0 Å². The fourth-order valence-corrected chi connectivity index (χ4v) is 3.27. The van der Waals surface area contributed by atoms with Crippen molar-refractivity contribution in [2.24, 2.45) is 0 Å². The Bertz CT molecular complexity index is 688. The Morgan fingerprint density at radius 2 is 2.21 bits per heavy atom. The van der Waals surface area contributed by atoms with E-state index in [1.807, 2.05) is 0 Å². The van der Waals surface area contributed by atoms with E-state index >= 15 is 0 Å². The van der Waals surface area contributed by atoms with Crippen LogP contribution in [0.2, 0.25) is 4.34 Å². The number of nitrogens with one attached hydrogen (secondary N) is 3. The molecule has 0 spiro atoms. The van der Waals surface area contributed by atoms with Gasteiger partial charge in [0.05, 0.1) is 10.8 Å². The summed E-state index contributed by atoms with van der Waals surface area (Å²) in [5, 5.41) is 16.8. The molecule has 1 fully saturated rings. The summed E-state index contributed by atoms with van der Waals surface area (Å²) in [6.07, 6.45) is -0.893. The summed E-state index contributed by atoms with van der Waals surface area (Å²) >= 11 is 6.98. The molecule has 4 N–H and O–H groups in total. The van der Waals surface area contributed by atoms with Crippen LogP contribution in [0.15, 0.2) is 6.07 Å². The Morgan fingerprint density at radius 3 is 2.83 bits per heavy atom. The number of hydrogen-bond acceptors (Lipinski definition) is 6. The quantitative estimate of drug-likeness (QED) is 0.548. The predicted molar refractivity (Wildman–Crippen MR) is 87.7 cm³/mol. The summed E-state index contributed by atoms with van der Waals surface area (Å²) in [5.41, 5.74) is 0.476. The minimum Gasteiger partial charge on any atom is -0.384 e. The van der Waals surface area contributed by atoms with Gasteiger partial charge in [-0.2, -0.15) is 0 Å². The molecule has 2 rings (SSSR count). The Morgan fingerprint density at radius 1 is 1.50 bits per heavy atom. The highest BCUT2D eigenvalue weighted by Gasteiger charge is 2.28. The number of halogens is 1. The van der Waals surface area contributed by atoms with E-state index < -0.39 is 29.9 Å². The van der Waals surface area contributed by atoms with E-state index in [1.165, 1.54) is 13.0 Å². The van der Waals surface area contributed by atoms with Crippen LogP contribution in [-0.2, 0) is 25.6 Å². The van der Waals surface area contributed by atoms with Gasteiger partial charge in [0.2, 0.25) is 17.7 Å². The van der Waals surface area contributed by atoms with Crippen molar-refractivity contribution in [3.05, 3.63) is 16.0 Å². The van der Waals surface area contributed by atoms with Gasteiger partial charge < -0.3 is 15.7 Å². The molecule has 0 radical (unpaired) electrons. The summed E-state index contributed by atoms with van der Waals surface area (Å²) in [7, 11) is 0. The minimum absolute atomic E-state index is 0.101. The molecule has 24 heavy (non-hydrogen) atoms. The number of piperidine rings is 1. The first-order chi connectivity index (χ1) is 11.3. The average molecular weight is 374 g/mol. The number of imide groups is 1. The van der Waals surface area contributed by atoms with E-state index in [0.29, 0.717) is 14.9 Å². The Kier molecular flexibility index (Phi) is 5.92. The molecular weight excluding hydrogens is 358 g/mol. The van der Waals surface area contributed by atoms with Gasteiger partial charge in [-0.3, -0.25) is 24.5 Å². The molecule has 0 aliphatic carbocycles. The molecular formula is C14H16ClN3O5S. The third-order valence-electron chi connectivity index (χ3n) is 3.32. The fraction of sp³-hybridized carbons (Fsp3) is 0.429. The van der Waals surface area contributed by atoms with Gasteiger partial charge in [0.15, 0.2) is 0 Å². The highest BCUT2D eigenvalue weighted by Crippen LogP contribution is 2.32. The molecule has 1 aromatic rings. The number of anilines is 1. The lowest BCUT2D eigenvalue weighted by molar-refractivity contribution is -0.137. The van der Waals surface area contributed by atoms with Crippen LogP contribution in [0.3, 0.4) is 0 Å². The second-order valence-corrected chi connectivity index (χ2v) is 7.00. The molecule has 0 aromatic carbocycles. The summed E-state index contributed by atoms with van der Waals surface area (Å²) in [6, 6.07) is 0.772. The van der Waals surface area contributed by atoms with Crippen molar-refractivity contribution in [2.45, 2.75) is 38.3 Å². The number of hydrogen-bond donors (Lipinski definition) is 4. The van der Waals surface area contributed by atoms with Gasteiger partial charge in [0.25, 0.3) is 5.91 Å². The smallest absolute Gasteiger partial charge is 0.253 e. The van der Waals surface area contributed by atoms with E-state index in [-0.39, 0.29) is 25.2 Å². The SMILES string of the molecule is C[C@H](O)C(=O)Nc1sc(Cl)cc1CC(=O)NC1CCC(=O)NC1=O. The second-order valence-electron chi connectivity index (χ2n) is 5.32. The van der Waals surface area contributed by atoms with Gasteiger partial charge >= 0.3 is 0 Å². The van der Waals surface area contributed by atoms with E-state index in [2.05, 4.69) is 16.0 Å². The topological polar surface area (TPSA) is 125 Å². The van der Waals surface area contributed by atoms with E-state index in [1.54, 1.807) is 0 Å². The lowest BCUT2D eigenvalue weighted by atomic mass is 10.1. The van der Waals surface area contributed by atoms with Crippen LogP contribution in [0.5, 0.6) is 0 Å². The predicted octanol–water partition coefficient (Wildman–Crippen LogP) is 0.185. The maximum absolute atomic E-state index is 12.1. The van der Waals surface area contributed by atoms with Crippen molar-refractivity contribution in [1.82, 2.24) is 10.6 Å². The number of carbonyl (C=O) groups excluding carboxylic acids is 4. The zero-order valence-electron chi connectivity index (χ0n) is 12.7. The van der Waals surface area contributed by atoms with Crippen molar-refractivity contribution >= 4 is 51.6 Å². The average Bonchev–Trinajstić information content (AvgIpc) is 2.81. The molecule has 1 aliphatic rings. The van der Waals surface area contributed by atoms with Crippen molar-refractivity contribution in [3.8, 4) is 0 Å². The van der Waals surface area contributed by atoms with Gasteiger partial charge in [0.1, 0.15) is 17.1 Å². The second kappa shape index (κ2) is 7.73. The fourth-order valence-electron chi connectivity index (χ4n) is 2.10. The first-order valence-corrected chi connectivity index (χ1v) is 8.36. The molecule has 0 bridgehead atoms. The highest BCUT2D eigenvalue weighted by molar-refractivity contribution is 7.20. The van der Waals surface area contributed by atoms with Crippen LogP contribution < -0.4 is 16.0 Å². The van der Waals surface area contributed by atoms with E-state index in [0.717, 1.165) is 11.3 Å². The van der Waals surface area contributed by atoms with Crippen LogP contribution in [0.1, 0.15) is 25.3 Å². The number of aliphatic hydroxyl groups is 1. The summed E-state index contributed by atoms with van der Waals surface area (Å²) < 4.78 is 0.375. The van der Waals surface area contributed by atoms with E-state index in [4.69, 9.17) is 11.6 Å². The minimum atomic E-state index is -1.20. The third kappa shape index (κ3) is 4.76. The molecule has 2 atom stereocenters. The van der Waals surface area contributed by atoms with Crippen LogP contribution in [0.4, 0.5) is 5.00 Å². The van der Waals surface area contributed by atoms with Gasteiger partial charge in [0, 0.05) is 6.42 Å². The number of aliphatic hydroxyl groups excluding tert-OH is 1. The Hall–Kier alpha value is -1.97. The molecule has 1 aliphatic heterocycles. The van der Waals surface area contributed by atoms with Gasteiger partial charge in [-0.05, 0) is 25.0 Å². The molecule has 0 saturated carbocycles. The maximum Gasteiger partial charge on any atom is 0.253 e. The molecule has 1 unspecified atom stereocenters. The summed E-state index contributed by atoms with van der Waals surface area (Å²) in [6.45, 7) is 1.32. The maximum atomic E-state index is 12.1. The van der Waals surface area contributed by atoms with Gasteiger partial charge in [-0.25, -0.2) is 0 Å². The van der Waals surface area contributed by atoms with Crippen molar-refractivity contribution in [1.29, 1.82) is 0 Å². The largest absolute Gasteiger partial charge is 0.384 e. The van der Waals surface area contributed by atoms with Crippen molar-refractivity contribution in [2.75, 3.05) is 5.32 Å². The molecule has 4 amide bonds. The van der Waals surface area contributed by atoms with Crippen LogP contribution in [0.25, 0.3) is 0 Å². The standard InChI is InChI=1S/C14H16ClN3O5S/c1-6(19)12(22)18-14-7(4-9(15)24-14)5-11(21)16-8-2-3-10(20)17-13(8)23/h4,6,8,19H,2-3,5H2,1H3,(H,16,21)(H,18,22)(H,17,20,23)/t6-,8?/m0/s1. The number of carbonyl (C=O) groups is 4. The normalized spacial score (nSPS) is 18.7. The monoisotopic (exact) mass is 373 g/mol. The lowest BCUT2D eigenvalue weighted by Crippen LogP contribution is -2.52. The van der Waals surface area contributed by atoms with Crippen molar-refractivity contribution < 1.29 is 24.3 Å². The summed E-state index contributed by atoms with van der Waals surface area (Å²) in [4.78, 5) is 46.4. The first kappa shape index (κ1) is 18.4. The molecule has 1 aromatic heterocycles. The third-order valence-corrected chi connectivity index (χ3v) is 4.54. The van der Waals surface area contributed by atoms with Gasteiger partial charge in [-0.1, -0.05) is 11.6 Å². The molecule has 2 heterocycles. The zero-order valence-corrected chi connectivity index (χ0v) is 14.3. The Balaban J connectivity index is 2.00. The Labute approximate surface area is 146 Å². The number of thiophene rings is 1. The van der Waals surface area contributed by atoms with Crippen LogP contribution >= 0.6 is 22.9 Å². The number of rotatable bonds is 5. The molecule has 130 valence electrons. The van der Waals surface area contributed by atoms with Crippen molar-refractivity contribution in [3.63, 3.8) is 0 Å². The first-order valence-electron chi connectivity index (χ1n) is 7.16. The lowest BCUT2D eigenvalue weighted by Gasteiger charge is -2.21. The molecule has 10 heteroatoms. The van der Waals surface area contributed by atoms with Gasteiger partial charge in [-0.15, -0.1) is 11.3 Å². The zero-order chi connectivity index (χ0) is 17.9. The van der Waals surface area contributed by atoms with E-state index in [9.17, 15) is 24.3 Å².